The first kappa shape index (κ1) is 39.4. The van der Waals surface area contributed by atoms with E-state index in [9.17, 15) is 19.5 Å². The van der Waals surface area contributed by atoms with Crippen LogP contribution < -0.4 is 10.6 Å². The lowest BCUT2D eigenvalue weighted by molar-refractivity contribution is -0.138. The van der Waals surface area contributed by atoms with E-state index in [-0.39, 0.29) is 44.4 Å². The zero-order valence-electron chi connectivity index (χ0n) is 29.2. The highest BCUT2D eigenvalue weighted by atomic mass is 35.5. The molecule has 10 nitrogen and oxygen atoms in total. The Bertz CT molecular complexity index is 1970. The number of carbonyl (C=O) groups excluding carboxylic acids is 2. The SMILES string of the molecule is CCCCCCCCCCCCc1cccc(N(c2[nH]n(-c3c(Cl)cc(Cl)cc3Cl)c(=O)c2N=Nc2ccc(O)cc2C)N2C(=O)CC(Cl)C2=O)c1. The van der Waals surface area contributed by atoms with Crippen LogP contribution in [0.15, 0.2) is 69.6 Å². The van der Waals surface area contributed by atoms with Crippen LogP contribution in [0.1, 0.15) is 88.7 Å². The summed E-state index contributed by atoms with van der Waals surface area (Å²) < 4.78 is 1.07. The minimum atomic E-state index is -1.11. The van der Waals surface area contributed by atoms with E-state index in [0.717, 1.165) is 40.9 Å². The van der Waals surface area contributed by atoms with Gasteiger partial charge in [-0.3, -0.25) is 19.5 Å². The lowest BCUT2D eigenvalue weighted by Crippen LogP contribution is -2.44. The van der Waals surface area contributed by atoms with E-state index < -0.39 is 22.8 Å². The number of aromatic nitrogens is 2. The second kappa shape index (κ2) is 18.3. The third-order valence-corrected chi connectivity index (χ3v) is 10.1. The summed E-state index contributed by atoms with van der Waals surface area (Å²) in [6, 6.07) is 14.8. The van der Waals surface area contributed by atoms with Crippen LogP contribution in [0.4, 0.5) is 22.9 Å². The number of phenolic OH excluding ortho intramolecular Hbond substituents is 1. The summed E-state index contributed by atoms with van der Waals surface area (Å²) in [5.74, 6) is -1.26. The number of unbranched alkanes of at least 4 members (excludes halogenated alkanes) is 9. The van der Waals surface area contributed by atoms with Gasteiger partial charge in [-0.2, -0.15) is 5.01 Å². The molecule has 1 unspecified atom stereocenters. The molecule has 5 rings (SSSR count). The van der Waals surface area contributed by atoms with Crippen molar-refractivity contribution in [2.75, 3.05) is 5.01 Å². The van der Waals surface area contributed by atoms with E-state index >= 15 is 0 Å². The number of hydrogen-bond donors (Lipinski definition) is 2. The van der Waals surface area contributed by atoms with Gasteiger partial charge in [0, 0.05) is 5.02 Å². The van der Waals surface area contributed by atoms with Crippen LogP contribution in [-0.2, 0) is 16.0 Å². The molecule has 2 amide bonds. The Morgan fingerprint density at radius 1 is 0.865 bits per heavy atom. The number of phenols is 1. The molecule has 1 aliphatic heterocycles. The predicted octanol–water partition coefficient (Wildman–Crippen LogP) is 11.4. The maximum absolute atomic E-state index is 14.2. The number of alkyl halides is 1. The first-order chi connectivity index (χ1) is 25.0. The molecule has 276 valence electrons. The molecular weight excluding hydrogens is 746 g/mol. The topological polar surface area (TPSA) is 123 Å². The Hall–Kier alpha value is -3.83. The van der Waals surface area contributed by atoms with Crippen molar-refractivity contribution in [3.63, 3.8) is 0 Å². The normalized spacial score (nSPS) is 14.7. The lowest BCUT2D eigenvalue weighted by atomic mass is 10.0. The summed E-state index contributed by atoms with van der Waals surface area (Å²) in [5.41, 5.74) is 1.45. The number of aromatic hydroxyl groups is 1. The number of azo groups is 1. The van der Waals surface area contributed by atoms with E-state index in [1.165, 1.54) is 74.2 Å². The highest BCUT2D eigenvalue weighted by Gasteiger charge is 2.44. The highest BCUT2D eigenvalue weighted by Crippen LogP contribution is 2.39. The van der Waals surface area contributed by atoms with Crippen LogP contribution >= 0.6 is 46.4 Å². The second-order valence-corrected chi connectivity index (χ2v) is 14.7. The molecule has 0 bridgehead atoms. The molecule has 14 heteroatoms. The van der Waals surface area contributed by atoms with Crippen molar-refractivity contribution in [2.45, 2.75) is 96.3 Å². The van der Waals surface area contributed by atoms with Crippen molar-refractivity contribution in [3.05, 3.63) is 91.1 Å². The van der Waals surface area contributed by atoms with Crippen molar-refractivity contribution in [1.29, 1.82) is 0 Å². The number of halogens is 4. The van der Waals surface area contributed by atoms with Gasteiger partial charge in [-0.1, -0.05) is 112 Å². The quantitative estimate of drug-likeness (QED) is 0.0477. The molecular formula is C38H42Cl4N6O4. The fourth-order valence-electron chi connectivity index (χ4n) is 6.21. The summed E-state index contributed by atoms with van der Waals surface area (Å²) in [7, 11) is 0. The molecule has 3 aromatic carbocycles. The van der Waals surface area contributed by atoms with E-state index in [4.69, 9.17) is 46.4 Å². The van der Waals surface area contributed by atoms with Gasteiger partial charge in [0.1, 0.15) is 16.8 Å². The highest BCUT2D eigenvalue weighted by molar-refractivity contribution is 6.40. The number of rotatable bonds is 17. The van der Waals surface area contributed by atoms with Crippen LogP contribution in [0, 0.1) is 6.92 Å². The summed E-state index contributed by atoms with van der Waals surface area (Å²) in [4.78, 5) is 41.2. The van der Waals surface area contributed by atoms with Crippen molar-refractivity contribution < 1.29 is 14.7 Å². The number of aromatic amines is 1. The molecule has 2 N–H and O–H groups in total. The smallest absolute Gasteiger partial charge is 0.301 e. The third-order valence-electron chi connectivity index (χ3n) is 8.94. The van der Waals surface area contributed by atoms with Crippen molar-refractivity contribution in [3.8, 4) is 11.4 Å². The molecule has 4 aromatic rings. The number of nitrogens with zero attached hydrogens (tertiary/aromatic N) is 5. The van der Waals surface area contributed by atoms with Gasteiger partial charge in [-0.05, 0) is 73.4 Å². The standard InChI is InChI=1S/C38H42Cl4N6O4/c1-3-4-5-6-7-8-9-10-11-12-14-25-15-13-16-27(20-25)47(48-33(50)23-31(42)37(48)51)36-34(44-43-32-18-17-28(49)19-24(32)2)38(52)46(45-36)35-29(40)21-26(39)22-30(35)41/h13,15-22,31,45,49H,3-12,14,23H2,1-2H3. The van der Waals surface area contributed by atoms with E-state index in [1.54, 1.807) is 19.1 Å². The van der Waals surface area contributed by atoms with E-state index in [2.05, 4.69) is 22.3 Å². The summed E-state index contributed by atoms with van der Waals surface area (Å²) in [5, 5.41) is 23.1. The van der Waals surface area contributed by atoms with Gasteiger partial charge >= 0.3 is 5.56 Å². The van der Waals surface area contributed by atoms with Gasteiger partial charge < -0.3 is 5.11 Å². The molecule has 2 heterocycles. The molecule has 0 spiro atoms. The fraction of sp³-hybridized carbons (Fsp3) is 0.395. The minimum absolute atomic E-state index is 0.0405. The number of benzene rings is 3. The second-order valence-electron chi connectivity index (χ2n) is 13.0. The Morgan fingerprint density at radius 3 is 2.13 bits per heavy atom. The number of nitrogens with one attached hydrogen (secondary N) is 1. The van der Waals surface area contributed by atoms with Gasteiger partial charge in [0.05, 0.1) is 27.8 Å². The number of imide groups is 1. The fourth-order valence-corrected chi connectivity index (χ4v) is 7.42. The maximum Gasteiger partial charge on any atom is 0.301 e. The van der Waals surface area contributed by atoms with Crippen LogP contribution in [0.25, 0.3) is 5.69 Å². The third kappa shape index (κ3) is 9.39. The first-order valence-electron chi connectivity index (χ1n) is 17.6. The van der Waals surface area contributed by atoms with Crippen molar-refractivity contribution in [2.24, 2.45) is 10.2 Å². The first-order valence-corrected chi connectivity index (χ1v) is 19.2. The van der Waals surface area contributed by atoms with Gasteiger partial charge in [0.15, 0.2) is 11.5 Å². The summed E-state index contributed by atoms with van der Waals surface area (Å²) >= 11 is 25.6. The molecule has 1 aliphatic rings. The van der Waals surface area contributed by atoms with Crippen molar-refractivity contribution >= 4 is 81.1 Å². The monoisotopic (exact) mass is 786 g/mol. The average molecular weight is 789 g/mol. The van der Waals surface area contributed by atoms with Crippen molar-refractivity contribution in [1.82, 2.24) is 14.8 Å². The number of amides is 2. The molecule has 1 aromatic heterocycles. The summed E-state index contributed by atoms with van der Waals surface area (Å²) in [6.07, 6.45) is 12.7. The molecule has 1 saturated heterocycles. The molecule has 0 saturated carbocycles. The van der Waals surface area contributed by atoms with Crippen LogP contribution in [0.5, 0.6) is 5.75 Å². The maximum atomic E-state index is 14.2. The number of carbonyl (C=O) groups is 2. The molecule has 1 fully saturated rings. The lowest BCUT2D eigenvalue weighted by Gasteiger charge is -2.31. The Labute approximate surface area is 323 Å². The average Bonchev–Trinajstić information content (AvgIpc) is 3.54. The molecule has 1 atom stereocenters. The van der Waals surface area contributed by atoms with Crippen LogP contribution in [-0.4, -0.2) is 37.1 Å². The zero-order valence-corrected chi connectivity index (χ0v) is 32.2. The van der Waals surface area contributed by atoms with Crippen LogP contribution in [0.2, 0.25) is 15.1 Å². The minimum Gasteiger partial charge on any atom is -0.508 e. The zero-order chi connectivity index (χ0) is 37.4. The number of hydrogen-bond acceptors (Lipinski definition) is 7. The summed E-state index contributed by atoms with van der Waals surface area (Å²) in [6.45, 7) is 3.96. The van der Waals surface area contributed by atoms with Gasteiger partial charge in [0.25, 0.3) is 11.8 Å². The van der Waals surface area contributed by atoms with Gasteiger partial charge in [-0.15, -0.1) is 21.8 Å². The number of H-pyrrole nitrogens is 1. The Morgan fingerprint density at radius 2 is 1.52 bits per heavy atom. The number of hydrazine groups is 1. The predicted molar refractivity (Wildman–Crippen MR) is 209 cm³/mol. The Kier molecular flexibility index (Phi) is 13.8. The van der Waals surface area contributed by atoms with Crippen LogP contribution in [0.3, 0.4) is 0 Å². The van der Waals surface area contributed by atoms with Gasteiger partial charge in [-0.25, -0.2) is 9.69 Å². The molecule has 0 aliphatic carbocycles. The van der Waals surface area contributed by atoms with E-state index in [0.29, 0.717) is 16.9 Å². The number of aryl methyl sites for hydroxylation is 2. The largest absolute Gasteiger partial charge is 0.508 e. The number of anilines is 2. The van der Waals surface area contributed by atoms with Gasteiger partial charge in [0.2, 0.25) is 0 Å². The molecule has 52 heavy (non-hydrogen) atoms. The van der Waals surface area contributed by atoms with E-state index in [1.807, 2.05) is 18.2 Å². The molecule has 0 radical (unpaired) electrons. The Balaban J connectivity index is 1.54.